The summed E-state index contributed by atoms with van der Waals surface area (Å²) in [4.78, 5) is 10.8. The van der Waals surface area contributed by atoms with Gasteiger partial charge in [0.05, 0.1) is 6.10 Å². The van der Waals surface area contributed by atoms with Crippen molar-refractivity contribution in [3.05, 3.63) is 47.5 Å². The standard InChI is InChI=1S/C11H11ClO3/c1-2-9(11(14)15)10(13)7-3-5-8(12)6-4-7/h2-6,9-10,13H,1H2,(H,14,15). The molecule has 0 saturated carbocycles. The Hall–Kier alpha value is -1.32. The molecule has 1 aromatic rings. The topological polar surface area (TPSA) is 57.5 Å². The molecule has 0 heterocycles. The molecule has 2 N–H and O–H groups in total. The van der Waals surface area contributed by atoms with Crippen LogP contribution in [-0.2, 0) is 4.79 Å². The molecule has 4 heteroatoms. The molecule has 0 spiro atoms. The summed E-state index contributed by atoms with van der Waals surface area (Å²) in [6.45, 7) is 3.38. The SMILES string of the molecule is C=CC(C(=O)O)C(O)c1ccc(Cl)cc1. The van der Waals surface area contributed by atoms with Gasteiger partial charge in [0, 0.05) is 5.02 Å². The zero-order chi connectivity index (χ0) is 11.4. The monoisotopic (exact) mass is 226 g/mol. The van der Waals surface area contributed by atoms with E-state index in [4.69, 9.17) is 16.7 Å². The Labute approximate surface area is 92.6 Å². The molecular weight excluding hydrogens is 216 g/mol. The van der Waals surface area contributed by atoms with Gasteiger partial charge in [-0.15, -0.1) is 6.58 Å². The van der Waals surface area contributed by atoms with Gasteiger partial charge in [-0.2, -0.15) is 0 Å². The lowest BCUT2D eigenvalue weighted by atomic mass is 9.96. The third-order valence-electron chi connectivity index (χ3n) is 2.09. The quantitative estimate of drug-likeness (QED) is 0.775. The minimum atomic E-state index is -1.10. The molecule has 0 aliphatic rings. The van der Waals surface area contributed by atoms with Gasteiger partial charge in [-0.1, -0.05) is 29.8 Å². The first kappa shape index (κ1) is 11.8. The molecule has 1 rings (SSSR count). The molecule has 0 bridgehead atoms. The maximum atomic E-state index is 10.8. The molecule has 0 radical (unpaired) electrons. The van der Waals surface area contributed by atoms with E-state index >= 15 is 0 Å². The fraction of sp³-hybridized carbons (Fsp3) is 0.182. The molecular formula is C11H11ClO3. The number of carbonyl (C=O) groups is 1. The number of carboxylic acids is 1. The first-order valence-corrected chi connectivity index (χ1v) is 4.73. The molecule has 0 aliphatic carbocycles. The largest absolute Gasteiger partial charge is 0.481 e. The van der Waals surface area contributed by atoms with Crippen molar-refractivity contribution >= 4 is 17.6 Å². The van der Waals surface area contributed by atoms with Gasteiger partial charge < -0.3 is 10.2 Å². The molecule has 3 nitrogen and oxygen atoms in total. The molecule has 0 aromatic heterocycles. The highest BCUT2D eigenvalue weighted by Crippen LogP contribution is 2.24. The first-order chi connectivity index (χ1) is 7.06. The van der Waals surface area contributed by atoms with Crippen LogP contribution >= 0.6 is 11.6 Å². The molecule has 0 saturated heterocycles. The molecule has 1 aromatic carbocycles. The summed E-state index contributed by atoms with van der Waals surface area (Å²) in [6.07, 6.45) is 0.110. The molecule has 2 atom stereocenters. The number of aliphatic hydroxyl groups is 1. The van der Waals surface area contributed by atoms with Crippen molar-refractivity contribution < 1.29 is 15.0 Å². The minimum absolute atomic E-state index is 0.506. The van der Waals surface area contributed by atoms with Crippen molar-refractivity contribution in [2.75, 3.05) is 0 Å². The van der Waals surface area contributed by atoms with E-state index < -0.39 is 18.0 Å². The van der Waals surface area contributed by atoms with E-state index in [0.29, 0.717) is 10.6 Å². The maximum Gasteiger partial charge on any atom is 0.313 e. The molecule has 2 unspecified atom stereocenters. The smallest absolute Gasteiger partial charge is 0.313 e. The average molecular weight is 227 g/mol. The number of benzene rings is 1. The summed E-state index contributed by atoms with van der Waals surface area (Å²) in [5, 5.41) is 19.1. The van der Waals surface area contributed by atoms with E-state index in [9.17, 15) is 9.90 Å². The highest BCUT2D eigenvalue weighted by atomic mass is 35.5. The van der Waals surface area contributed by atoms with Crippen LogP contribution in [0.1, 0.15) is 11.7 Å². The molecule has 15 heavy (non-hydrogen) atoms. The third-order valence-corrected chi connectivity index (χ3v) is 2.34. The number of aliphatic hydroxyl groups excluding tert-OH is 1. The Bertz CT molecular complexity index is 359. The lowest BCUT2D eigenvalue weighted by molar-refractivity contribution is -0.143. The van der Waals surface area contributed by atoms with Gasteiger partial charge in [-0.05, 0) is 17.7 Å². The van der Waals surface area contributed by atoms with Crippen LogP contribution in [0.3, 0.4) is 0 Å². The van der Waals surface area contributed by atoms with Crippen molar-refractivity contribution in [2.45, 2.75) is 6.10 Å². The van der Waals surface area contributed by atoms with Gasteiger partial charge >= 0.3 is 5.97 Å². The predicted octanol–water partition coefficient (Wildman–Crippen LogP) is 2.26. The van der Waals surface area contributed by atoms with Gasteiger partial charge in [-0.25, -0.2) is 0 Å². The van der Waals surface area contributed by atoms with E-state index in [-0.39, 0.29) is 0 Å². The van der Waals surface area contributed by atoms with Crippen molar-refractivity contribution in [1.82, 2.24) is 0 Å². The average Bonchev–Trinajstić information content (AvgIpc) is 2.19. The van der Waals surface area contributed by atoms with Crippen LogP contribution in [0.2, 0.25) is 5.02 Å². The van der Waals surface area contributed by atoms with Gasteiger partial charge in [0.2, 0.25) is 0 Å². The van der Waals surface area contributed by atoms with Crippen LogP contribution in [0, 0.1) is 5.92 Å². The van der Waals surface area contributed by atoms with Crippen LogP contribution in [0.5, 0.6) is 0 Å². The lowest BCUT2D eigenvalue weighted by Crippen LogP contribution is -2.19. The Balaban J connectivity index is 2.92. The molecule has 0 aliphatic heterocycles. The van der Waals surface area contributed by atoms with Gasteiger partial charge in [0.25, 0.3) is 0 Å². The number of hydrogen-bond donors (Lipinski definition) is 2. The normalized spacial score (nSPS) is 14.3. The number of rotatable bonds is 4. The number of halogens is 1. The van der Waals surface area contributed by atoms with Gasteiger partial charge in [0.1, 0.15) is 5.92 Å². The van der Waals surface area contributed by atoms with E-state index in [1.165, 1.54) is 6.08 Å². The first-order valence-electron chi connectivity index (χ1n) is 4.35. The summed E-state index contributed by atoms with van der Waals surface area (Å²) in [7, 11) is 0. The second kappa shape index (κ2) is 4.96. The number of hydrogen-bond acceptors (Lipinski definition) is 2. The highest BCUT2D eigenvalue weighted by molar-refractivity contribution is 6.30. The van der Waals surface area contributed by atoms with Crippen molar-refractivity contribution in [3.8, 4) is 0 Å². The predicted molar refractivity (Wildman–Crippen MR) is 57.7 cm³/mol. The molecule has 0 fully saturated rings. The van der Waals surface area contributed by atoms with E-state index in [0.717, 1.165) is 0 Å². The Morgan fingerprint density at radius 1 is 1.40 bits per heavy atom. The highest BCUT2D eigenvalue weighted by Gasteiger charge is 2.24. The minimum Gasteiger partial charge on any atom is -0.481 e. The van der Waals surface area contributed by atoms with Crippen molar-refractivity contribution in [3.63, 3.8) is 0 Å². The van der Waals surface area contributed by atoms with E-state index in [1.54, 1.807) is 24.3 Å². The lowest BCUT2D eigenvalue weighted by Gasteiger charge is -2.15. The Morgan fingerprint density at radius 2 is 1.93 bits per heavy atom. The van der Waals surface area contributed by atoms with Gasteiger partial charge in [0.15, 0.2) is 0 Å². The van der Waals surface area contributed by atoms with Crippen LogP contribution in [-0.4, -0.2) is 16.2 Å². The third kappa shape index (κ3) is 2.81. The van der Waals surface area contributed by atoms with Gasteiger partial charge in [-0.3, -0.25) is 4.79 Å². The summed E-state index contributed by atoms with van der Waals surface area (Å²) in [5.41, 5.74) is 0.506. The second-order valence-electron chi connectivity index (χ2n) is 3.10. The number of aliphatic carboxylic acids is 1. The summed E-state index contributed by atoms with van der Waals surface area (Å²) in [5.74, 6) is -2.11. The van der Waals surface area contributed by atoms with Crippen LogP contribution in [0.4, 0.5) is 0 Å². The summed E-state index contributed by atoms with van der Waals surface area (Å²) >= 11 is 5.67. The van der Waals surface area contributed by atoms with E-state index in [1.807, 2.05) is 0 Å². The zero-order valence-corrected chi connectivity index (χ0v) is 8.69. The van der Waals surface area contributed by atoms with E-state index in [2.05, 4.69) is 6.58 Å². The zero-order valence-electron chi connectivity index (χ0n) is 7.93. The van der Waals surface area contributed by atoms with Crippen LogP contribution in [0.25, 0.3) is 0 Å². The molecule has 0 amide bonds. The van der Waals surface area contributed by atoms with Crippen molar-refractivity contribution in [2.24, 2.45) is 5.92 Å². The number of carboxylic acid groups (broad SMARTS) is 1. The second-order valence-corrected chi connectivity index (χ2v) is 3.53. The van der Waals surface area contributed by atoms with Crippen molar-refractivity contribution in [1.29, 1.82) is 0 Å². The fourth-order valence-corrected chi connectivity index (χ4v) is 1.36. The summed E-state index contributed by atoms with van der Waals surface area (Å²) in [6, 6.07) is 6.38. The Kier molecular flexibility index (Phi) is 3.88. The summed E-state index contributed by atoms with van der Waals surface area (Å²) < 4.78 is 0. The Morgan fingerprint density at radius 3 is 2.33 bits per heavy atom. The maximum absolute atomic E-state index is 10.8. The van der Waals surface area contributed by atoms with Crippen LogP contribution in [0.15, 0.2) is 36.9 Å². The van der Waals surface area contributed by atoms with Crippen LogP contribution < -0.4 is 0 Å². The fourth-order valence-electron chi connectivity index (χ4n) is 1.23. The molecule has 80 valence electrons.